The molecule has 5 fully saturated rings. The van der Waals surface area contributed by atoms with Gasteiger partial charge in [-0.3, -0.25) is 9.59 Å². The Balaban J connectivity index is 1.39. The molecule has 5 aliphatic rings. The van der Waals surface area contributed by atoms with Gasteiger partial charge in [-0.25, -0.2) is 4.98 Å². The minimum atomic E-state index is -0.859. The minimum absolute atomic E-state index is 0.0456. The molecule has 9 nitrogen and oxygen atoms in total. The van der Waals surface area contributed by atoms with Crippen molar-refractivity contribution in [3.05, 3.63) is 17.3 Å². The number of nitrogens with two attached hydrogens (primary N) is 1. The van der Waals surface area contributed by atoms with Gasteiger partial charge in [0.15, 0.2) is 5.78 Å². The average Bonchev–Trinajstić information content (AvgIpc) is 3.70. The van der Waals surface area contributed by atoms with Crippen molar-refractivity contribution in [1.29, 1.82) is 0 Å². The van der Waals surface area contributed by atoms with E-state index in [4.69, 9.17) is 15.7 Å². The fourth-order valence-corrected chi connectivity index (χ4v) is 6.64. The predicted molar refractivity (Wildman–Crippen MR) is 140 cm³/mol. The maximum atomic E-state index is 13.8. The summed E-state index contributed by atoms with van der Waals surface area (Å²) in [6.07, 6.45) is 8.49. The summed E-state index contributed by atoms with van der Waals surface area (Å²) < 4.78 is 0. The molecule has 2 spiro atoms. The third-order valence-corrected chi connectivity index (χ3v) is 9.01. The number of rotatable bonds is 3. The van der Waals surface area contributed by atoms with Crippen LogP contribution in [-0.2, 0) is 9.59 Å². The van der Waals surface area contributed by atoms with Crippen LogP contribution in [0.25, 0.3) is 5.70 Å². The van der Waals surface area contributed by atoms with Crippen LogP contribution in [0.1, 0.15) is 69.9 Å². The molecule has 6 rings (SSSR count). The van der Waals surface area contributed by atoms with Gasteiger partial charge in [-0.05, 0) is 57.9 Å². The Morgan fingerprint density at radius 2 is 1.72 bits per heavy atom. The number of carbonyl (C=O) groups is 2. The van der Waals surface area contributed by atoms with Gasteiger partial charge in [0.05, 0.1) is 16.8 Å². The van der Waals surface area contributed by atoms with Crippen molar-refractivity contribution in [3.8, 4) is 0 Å². The third-order valence-electron chi connectivity index (χ3n) is 9.01. The zero-order valence-corrected chi connectivity index (χ0v) is 21.3. The van der Waals surface area contributed by atoms with E-state index >= 15 is 0 Å². The van der Waals surface area contributed by atoms with Gasteiger partial charge in [0.25, 0.3) is 0 Å². The van der Waals surface area contributed by atoms with Crippen molar-refractivity contribution in [2.45, 2.75) is 69.7 Å². The molecule has 1 atom stereocenters. The summed E-state index contributed by atoms with van der Waals surface area (Å²) in [6, 6.07) is 1.97. The summed E-state index contributed by atoms with van der Waals surface area (Å²) >= 11 is 0. The van der Waals surface area contributed by atoms with E-state index in [2.05, 4.69) is 20.4 Å². The molecule has 36 heavy (non-hydrogen) atoms. The van der Waals surface area contributed by atoms with Gasteiger partial charge in [0.2, 0.25) is 5.95 Å². The molecule has 3 heterocycles. The van der Waals surface area contributed by atoms with Crippen LogP contribution in [0, 0.1) is 5.41 Å². The number of nitrogens with zero attached hydrogens (tertiary/aromatic N) is 4. The summed E-state index contributed by atoms with van der Waals surface area (Å²) in [7, 11) is 0. The van der Waals surface area contributed by atoms with Crippen molar-refractivity contribution in [2.75, 3.05) is 55.6 Å². The highest BCUT2D eigenvalue weighted by Crippen LogP contribution is 2.46. The topological polar surface area (TPSA) is 116 Å². The summed E-state index contributed by atoms with van der Waals surface area (Å²) in [5.41, 5.74) is 7.80. The summed E-state index contributed by atoms with van der Waals surface area (Å²) in [6.45, 7) is 6.33. The largest absolute Gasteiger partial charge is 0.397 e. The monoisotopic (exact) mass is 493 g/mol. The van der Waals surface area contributed by atoms with E-state index < -0.39 is 5.41 Å². The van der Waals surface area contributed by atoms with Crippen LogP contribution in [0.2, 0.25) is 0 Å². The highest BCUT2D eigenvalue weighted by Gasteiger charge is 2.49. The molecular formula is C27H39N7O2. The molecule has 3 aliphatic carbocycles. The number of carbonyl (C=O) groups excluding carboxylic acids is 2. The number of piperazine rings is 1. The molecular weight excluding hydrogens is 454 g/mol. The van der Waals surface area contributed by atoms with Crippen LogP contribution in [0.5, 0.6) is 0 Å². The number of ketones is 2. The summed E-state index contributed by atoms with van der Waals surface area (Å²) in [5, 5.41) is 7.12. The van der Waals surface area contributed by atoms with Crippen LogP contribution < -0.4 is 26.2 Å². The van der Waals surface area contributed by atoms with Gasteiger partial charge in [0, 0.05) is 62.9 Å². The molecule has 1 aromatic heterocycles. The smallest absolute Gasteiger partial charge is 0.227 e. The molecule has 0 radical (unpaired) electrons. The fraction of sp³-hybridized carbons (Fsp3) is 0.704. The van der Waals surface area contributed by atoms with E-state index in [-0.39, 0.29) is 17.1 Å². The van der Waals surface area contributed by atoms with Gasteiger partial charge < -0.3 is 26.2 Å². The number of aromatic nitrogens is 2. The Labute approximate surface area is 213 Å². The first kappa shape index (κ1) is 23.9. The number of hydrogen-bond donors (Lipinski definition) is 3. The van der Waals surface area contributed by atoms with Crippen LogP contribution >= 0.6 is 0 Å². The van der Waals surface area contributed by atoms with Gasteiger partial charge in [0.1, 0.15) is 11.6 Å². The third kappa shape index (κ3) is 4.30. The minimum Gasteiger partial charge on any atom is -0.397 e. The second-order valence-electron chi connectivity index (χ2n) is 11.4. The summed E-state index contributed by atoms with van der Waals surface area (Å²) in [4.78, 5) is 41.3. The maximum absolute atomic E-state index is 13.8. The van der Waals surface area contributed by atoms with Gasteiger partial charge in [-0.2, -0.15) is 4.98 Å². The number of anilines is 2. The summed E-state index contributed by atoms with van der Waals surface area (Å²) in [5.74, 6) is 1.64. The molecule has 0 unspecified atom stereocenters. The SMILES string of the molecule is N/C(=C1/CCC[C@@]2(CCCCC2=O)C1=O)c1cc(N2CCNC3(CC3)C2)nc(N2CCCNCC2)n1. The lowest BCUT2D eigenvalue weighted by Gasteiger charge is -2.38. The highest BCUT2D eigenvalue weighted by molar-refractivity contribution is 6.17. The van der Waals surface area contributed by atoms with Gasteiger partial charge in [-0.15, -0.1) is 0 Å². The Kier molecular flexibility index (Phi) is 6.24. The van der Waals surface area contributed by atoms with Crippen molar-refractivity contribution in [3.63, 3.8) is 0 Å². The quantitative estimate of drug-likeness (QED) is 0.428. The van der Waals surface area contributed by atoms with E-state index in [0.717, 1.165) is 77.3 Å². The zero-order chi connectivity index (χ0) is 24.8. The lowest BCUT2D eigenvalue weighted by atomic mass is 9.62. The van der Waals surface area contributed by atoms with Crippen molar-refractivity contribution in [1.82, 2.24) is 20.6 Å². The molecule has 3 saturated carbocycles. The zero-order valence-electron chi connectivity index (χ0n) is 21.3. The molecule has 194 valence electrons. The molecule has 0 aromatic carbocycles. The molecule has 1 aromatic rings. The highest BCUT2D eigenvalue weighted by atomic mass is 16.2. The van der Waals surface area contributed by atoms with E-state index in [9.17, 15) is 9.59 Å². The second kappa shape index (κ2) is 9.41. The van der Waals surface area contributed by atoms with Crippen LogP contribution in [-0.4, -0.2) is 72.9 Å². The van der Waals surface area contributed by atoms with Gasteiger partial charge in [-0.1, -0.05) is 6.42 Å². The molecule has 4 N–H and O–H groups in total. The average molecular weight is 494 g/mol. The normalized spacial score (nSPS) is 30.0. The van der Waals surface area contributed by atoms with E-state index in [1.807, 2.05) is 6.07 Å². The Hall–Kier alpha value is -2.52. The fourth-order valence-electron chi connectivity index (χ4n) is 6.64. The number of Topliss-reactive ketones (excluding diaryl/α,β-unsaturated/α-hetero) is 2. The van der Waals surface area contributed by atoms with E-state index in [1.165, 1.54) is 12.8 Å². The first-order valence-corrected chi connectivity index (χ1v) is 13.9. The number of allylic oxidation sites excluding steroid dienone is 1. The van der Waals surface area contributed by atoms with E-state index in [1.54, 1.807) is 0 Å². The van der Waals surface area contributed by atoms with Crippen LogP contribution in [0.3, 0.4) is 0 Å². The molecule has 2 aliphatic heterocycles. The van der Waals surface area contributed by atoms with Crippen LogP contribution in [0.4, 0.5) is 11.8 Å². The van der Waals surface area contributed by atoms with Gasteiger partial charge >= 0.3 is 0 Å². The second-order valence-corrected chi connectivity index (χ2v) is 11.4. The number of hydrogen-bond acceptors (Lipinski definition) is 9. The van der Waals surface area contributed by atoms with Crippen molar-refractivity contribution < 1.29 is 9.59 Å². The predicted octanol–water partition coefficient (Wildman–Crippen LogP) is 1.77. The Morgan fingerprint density at radius 3 is 2.56 bits per heavy atom. The first-order chi connectivity index (χ1) is 17.5. The lowest BCUT2D eigenvalue weighted by Crippen LogP contribution is -2.53. The molecule has 0 amide bonds. The standard InChI is InChI=1S/C27H39N7O2/c28-23(19-5-3-8-27(24(19)36)7-2-1-6-21(27)35)20-17-22(34-16-13-30-26(18-34)9-10-26)32-25(31-20)33-14-4-11-29-12-15-33/h17,29-30H,1-16,18,28H2/b23-19-/t27-/m1/s1. The molecule has 2 saturated heterocycles. The lowest BCUT2D eigenvalue weighted by molar-refractivity contribution is -0.143. The number of nitrogens with one attached hydrogen (secondary N) is 2. The molecule has 9 heteroatoms. The Morgan fingerprint density at radius 1 is 0.889 bits per heavy atom. The Bertz CT molecular complexity index is 1070. The van der Waals surface area contributed by atoms with E-state index in [0.29, 0.717) is 48.6 Å². The molecule has 0 bridgehead atoms. The maximum Gasteiger partial charge on any atom is 0.227 e. The van der Waals surface area contributed by atoms with Crippen molar-refractivity contribution >= 4 is 29.0 Å². The first-order valence-electron chi connectivity index (χ1n) is 13.9. The van der Waals surface area contributed by atoms with Crippen molar-refractivity contribution in [2.24, 2.45) is 11.1 Å². The van der Waals surface area contributed by atoms with Crippen LogP contribution in [0.15, 0.2) is 11.6 Å².